The fraction of sp³-hybridized carbons (Fsp3) is 0.938. The topological polar surface area (TPSA) is 58.8 Å². The quantitative estimate of drug-likeness (QED) is 0.820. The Bertz CT molecular complexity index is 331. The van der Waals surface area contributed by atoms with E-state index in [-0.39, 0.29) is 17.9 Å². The van der Waals surface area contributed by atoms with E-state index in [1.165, 1.54) is 6.42 Å². The third-order valence-corrected chi connectivity index (χ3v) is 4.99. The fourth-order valence-electron chi connectivity index (χ4n) is 3.27. The first kappa shape index (κ1) is 16.7. The molecule has 21 heavy (non-hydrogen) atoms. The van der Waals surface area contributed by atoms with Gasteiger partial charge in [-0.25, -0.2) is 0 Å². The van der Waals surface area contributed by atoms with Crippen LogP contribution in [0.1, 0.15) is 33.1 Å². The van der Waals surface area contributed by atoms with Crippen molar-refractivity contribution in [3.05, 3.63) is 0 Å². The number of rotatable bonds is 5. The van der Waals surface area contributed by atoms with Crippen LogP contribution < -0.4 is 5.73 Å². The van der Waals surface area contributed by atoms with Crippen molar-refractivity contribution in [2.75, 3.05) is 45.9 Å². The maximum Gasteiger partial charge on any atom is 0.239 e. The van der Waals surface area contributed by atoms with Gasteiger partial charge < -0.3 is 15.4 Å². The number of hydrogen-bond acceptors (Lipinski definition) is 4. The van der Waals surface area contributed by atoms with Crippen molar-refractivity contribution in [2.45, 2.75) is 39.2 Å². The van der Waals surface area contributed by atoms with Crippen LogP contribution in [0.25, 0.3) is 0 Å². The van der Waals surface area contributed by atoms with Crippen molar-refractivity contribution in [2.24, 2.45) is 17.6 Å². The van der Waals surface area contributed by atoms with Gasteiger partial charge in [0.15, 0.2) is 0 Å². The first-order valence-electron chi connectivity index (χ1n) is 8.46. The number of carbonyl (C=O) groups is 1. The van der Waals surface area contributed by atoms with E-state index < -0.39 is 0 Å². The summed E-state index contributed by atoms with van der Waals surface area (Å²) in [6.45, 7) is 10.7. The van der Waals surface area contributed by atoms with Crippen LogP contribution in [0, 0.1) is 11.8 Å². The van der Waals surface area contributed by atoms with Crippen LogP contribution >= 0.6 is 0 Å². The summed E-state index contributed by atoms with van der Waals surface area (Å²) < 4.78 is 5.40. The second-order valence-corrected chi connectivity index (χ2v) is 6.62. The number of ether oxygens (including phenoxy) is 1. The summed E-state index contributed by atoms with van der Waals surface area (Å²) in [5, 5.41) is 0. The number of carbonyl (C=O) groups excluding carboxylic acids is 1. The second kappa shape index (κ2) is 8.11. The summed E-state index contributed by atoms with van der Waals surface area (Å²) in [5.74, 6) is 0.998. The lowest BCUT2D eigenvalue weighted by Gasteiger charge is -2.38. The fourth-order valence-corrected chi connectivity index (χ4v) is 3.27. The smallest absolute Gasteiger partial charge is 0.239 e. The minimum absolute atomic E-state index is 0.149. The monoisotopic (exact) mass is 297 g/mol. The Hall–Kier alpha value is -0.650. The molecule has 5 nitrogen and oxygen atoms in total. The number of piperidine rings is 1. The maximum absolute atomic E-state index is 12.5. The lowest BCUT2D eigenvalue weighted by molar-refractivity contribution is -0.135. The van der Waals surface area contributed by atoms with Crippen molar-refractivity contribution >= 4 is 5.91 Å². The molecule has 0 saturated carbocycles. The molecule has 3 unspecified atom stereocenters. The highest BCUT2D eigenvalue weighted by molar-refractivity contribution is 5.82. The lowest BCUT2D eigenvalue weighted by atomic mass is 9.94. The second-order valence-electron chi connectivity index (χ2n) is 6.62. The average Bonchev–Trinajstić information content (AvgIpc) is 2.54. The van der Waals surface area contributed by atoms with E-state index in [0.717, 1.165) is 58.8 Å². The Morgan fingerprint density at radius 2 is 2.05 bits per heavy atom. The molecule has 2 fully saturated rings. The summed E-state index contributed by atoms with van der Waals surface area (Å²) >= 11 is 0. The van der Waals surface area contributed by atoms with Gasteiger partial charge >= 0.3 is 0 Å². The van der Waals surface area contributed by atoms with Crippen molar-refractivity contribution < 1.29 is 9.53 Å². The van der Waals surface area contributed by atoms with Crippen LogP contribution in [0.3, 0.4) is 0 Å². The normalized spacial score (nSPS) is 27.4. The third kappa shape index (κ3) is 4.66. The minimum atomic E-state index is -0.336. The molecule has 2 rings (SSSR count). The average molecular weight is 297 g/mol. The molecule has 0 bridgehead atoms. The molecule has 3 atom stereocenters. The molecule has 2 heterocycles. The first-order valence-corrected chi connectivity index (χ1v) is 8.46. The van der Waals surface area contributed by atoms with E-state index in [9.17, 15) is 4.79 Å². The lowest BCUT2D eigenvalue weighted by Crippen LogP contribution is -2.52. The molecule has 0 aromatic rings. The van der Waals surface area contributed by atoms with E-state index in [1.54, 1.807) is 0 Å². The molecule has 5 heteroatoms. The number of nitrogens with two attached hydrogens (primary N) is 1. The van der Waals surface area contributed by atoms with Crippen LogP contribution in [0.2, 0.25) is 0 Å². The Morgan fingerprint density at radius 1 is 1.33 bits per heavy atom. The molecule has 0 aromatic carbocycles. The van der Waals surface area contributed by atoms with Crippen LogP contribution in [-0.4, -0.2) is 67.7 Å². The van der Waals surface area contributed by atoms with Crippen LogP contribution in [0.4, 0.5) is 0 Å². The van der Waals surface area contributed by atoms with Gasteiger partial charge in [-0.3, -0.25) is 9.69 Å². The predicted octanol–water partition coefficient (Wildman–Crippen LogP) is 0.931. The van der Waals surface area contributed by atoms with Gasteiger partial charge in [-0.15, -0.1) is 0 Å². The van der Waals surface area contributed by atoms with Gasteiger partial charge in [0, 0.05) is 32.7 Å². The molecular weight excluding hydrogens is 266 g/mol. The summed E-state index contributed by atoms with van der Waals surface area (Å²) in [6.07, 6.45) is 3.28. The van der Waals surface area contributed by atoms with Gasteiger partial charge in [0.25, 0.3) is 0 Å². The van der Waals surface area contributed by atoms with E-state index in [2.05, 4.69) is 18.7 Å². The Balaban J connectivity index is 1.83. The largest absolute Gasteiger partial charge is 0.379 e. The van der Waals surface area contributed by atoms with Crippen LogP contribution in [-0.2, 0) is 9.53 Å². The molecule has 2 N–H and O–H groups in total. The highest BCUT2D eigenvalue weighted by Gasteiger charge is 2.30. The molecule has 0 radical (unpaired) electrons. The Morgan fingerprint density at radius 3 is 2.71 bits per heavy atom. The highest BCUT2D eigenvalue weighted by atomic mass is 16.5. The third-order valence-electron chi connectivity index (χ3n) is 4.99. The zero-order valence-electron chi connectivity index (χ0n) is 13.6. The molecule has 0 aliphatic carbocycles. The zero-order chi connectivity index (χ0) is 15.2. The van der Waals surface area contributed by atoms with Crippen LogP contribution in [0.15, 0.2) is 0 Å². The number of nitrogens with zero attached hydrogens (tertiary/aromatic N) is 2. The van der Waals surface area contributed by atoms with Crippen molar-refractivity contribution in [1.82, 2.24) is 9.80 Å². The number of morpholine rings is 1. The van der Waals surface area contributed by atoms with E-state index in [0.29, 0.717) is 5.92 Å². The summed E-state index contributed by atoms with van der Waals surface area (Å²) in [7, 11) is 0. The number of hydrogen-bond donors (Lipinski definition) is 1. The molecule has 122 valence electrons. The van der Waals surface area contributed by atoms with E-state index in [1.807, 2.05) is 4.90 Å². The van der Waals surface area contributed by atoms with Gasteiger partial charge in [-0.2, -0.15) is 0 Å². The minimum Gasteiger partial charge on any atom is -0.379 e. The summed E-state index contributed by atoms with van der Waals surface area (Å²) in [6, 6.07) is -0.336. The zero-order valence-corrected chi connectivity index (χ0v) is 13.6. The van der Waals surface area contributed by atoms with E-state index in [4.69, 9.17) is 10.5 Å². The summed E-state index contributed by atoms with van der Waals surface area (Å²) in [4.78, 5) is 17.0. The molecule has 2 saturated heterocycles. The molecule has 0 aromatic heterocycles. The molecule has 2 aliphatic rings. The van der Waals surface area contributed by atoms with E-state index >= 15 is 0 Å². The van der Waals surface area contributed by atoms with Gasteiger partial charge in [0.05, 0.1) is 19.3 Å². The van der Waals surface area contributed by atoms with Gasteiger partial charge in [-0.1, -0.05) is 20.3 Å². The Kier molecular flexibility index (Phi) is 6.45. The van der Waals surface area contributed by atoms with Gasteiger partial charge in [-0.05, 0) is 24.7 Å². The SMILES string of the molecule is CCC(C)C(N)C(=O)N1CCCC(CN2CCOCC2)C1. The van der Waals surface area contributed by atoms with Crippen molar-refractivity contribution in [3.63, 3.8) is 0 Å². The maximum atomic E-state index is 12.5. The number of amides is 1. The first-order chi connectivity index (χ1) is 10.1. The highest BCUT2D eigenvalue weighted by Crippen LogP contribution is 2.20. The molecule has 1 amide bonds. The molecule has 0 spiro atoms. The standard InChI is InChI=1S/C16H31N3O2/c1-3-13(2)15(17)16(20)19-6-4-5-14(12-19)11-18-7-9-21-10-8-18/h13-15H,3-12,17H2,1-2H3. The van der Waals surface area contributed by atoms with Crippen molar-refractivity contribution in [3.8, 4) is 0 Å². The number of likely N-dealkylation sites (tertiary alicyclic amines) is 1. The summed E-state index contributed by atoms with van der Waals surface area (Å²) in [5.41, 5.74) is 6.11. The van der Waals surface area contributed by atoms with Gasteiger partial charge in [0.1, 0.15) is 0 Å². The van der Waals surface area contributed by atoms with Crippen LogP contribution in [0.5, 0.6) is 0 Å². The van der Waals surface area contributed by atoms with Crippen molar-refractivity contribution in [1.29, 1.82) is 0 Å². The Labute approximate surface area is 128 Å². The van der Waals surface area contributed by atoms with Gasteiger partial charge in [0.2, 0.25) is 5.91 Å². The predicted molar refractivity (Wildman–Crippen MR) is 84.0 cm³/mol. The molecular formula is C16H31N3O2. The molecule has 2 aliphatic heterocycles.